The molecule has 4 heteroatoms. The third kappa shape index (κ3) is 3.06. The predicted molar refractivity (Wildman–Crippen MR) is 63.1 cm³/mol. The van der Waals surface area contributed by atoms with Crippen molar-refractivity contribution in [2.24, 2.45) is 5.92 Å². The zero-order valence-electron chi connectivity index (χ0n) is 10.2. The first-order chi connectivity index (χ1) is 8.13. The third-order valence-electron chi connectivity index (χ3n) is 2.58. The van der Waals surface area contributed by atoms with E-state index < -0.39 is 11.9 Å². The number of esters is 1. The molecule has 0 radical (unpaired) electrons. The topological polar surface area (TPSA) is 52.6 Å². The molecule has 0 heterocycles. The van der Waals surface area contributed by atoms with Gasteiger partial charge in [0.05, 0.1) is 14.2 Å². The molecule has 1 rings (SSSR count). The van der Waals surface area contributed by atoms with E-state index in [1.807, 2.05) is 0 Å². The minimum Gasteiger partial charge on any atom is -0.497 e. The van der Waals surface area contributed by atoms with E-state index in [1.54, 1.807) is 38.3 Å². The summed E-state index contributed by atoms with van der Waals surface area (Å²) in [6.07, 6.45) is 0.428. The number of hydrogen-bond acceptors (Lipinski definition) is 4. The molecule has 1 atom stereocenters. The molecule has 0 saturated heterocycles. The van der Waals surface area contributed by atoms with Gasteiger partial charge in [-0.15, -0.1) is 0 Å². The largest absolute Gasteiger partial charge is 0.497 e. The zero-order chi connectivity index (χ0) is 12.8. The third-order valence-corrected chi connectivity index (χ3v) is 2.58. The SMILES string of the molecule is CCC(C(=O)OC)C(=O)c1ccc(OC)cc1. The van der Waals surface area contributed by atoms with Crippen LogP contribution in [0, 0.1) is 5.92 Å². The van der Waals surface area contributed by atoms with Crippen LogP contribution in [0.5, 0.6) is 5.75 Å². The number of Topliss-reactive ketones (excluding diaryl/α,β-unsaturated/α-hetero) is 1. The number of benzene rings is 1. The second kappa shape index (κ2) is 6.03. The van der Waals surface area contributed by atoms with Gasteiger partial charge in [0.2, 0.25) is 0 Å². The lowest BCUT2D eigenvalue weighted by Crippen LogP contribution is -2.24. The number of ether oxygens (including phenoxy) is 2. The Labute approximate surface area is 101 Å². The molecule has 0 bridgehead atoms. The van der Waals surface area contributed by atoms with Crippen LogP contribution in [0.25, 0.3) is 0 Å². The summed E-state index contributed by atoms with van der Waals surface area (Å²) in [7, 11) is 2.84. The van der Waals surface area contributed by atoms with Gasteiger partial charge < -0.3 is 9.47 Å². The molecule has 1 unspecified atom stereocenters. The van der Waals surface area contributed by atoms with Crippen LogP contribution in [0.1, 0.15) is 23.7 Å². The van der Waals surface area contributed by atoms with E-state index in [0.29, 0.717) is 17.7 Å². The first-order valence-electron chi connectivity index (χ1n) is 5.40. The van der Waals surface area contributed by atoms with Crippen LogP contribution in [-0.2, 0) is 9.53 Å². The number of ketones is 1. The number of rotatable bonds is 5. The fourth-order valence-corrected chi connectivity index (χ4v) is 1.56. The Balaban J connectivity index is 2.90. The lowest BCUT2D eigenvalue weighted by molar-refractivity contribution is -0.143. The van der Waals surface area contributed by atoms with Gasteiger partial charge >= 0.3 is 5.97 Å². The second-order valence-electron chi connectivity index (χ2n) is 3.58. The highest BCUT2D eigenvalue weighted by Gasteiger charge is 2.26. The first-order valence-corrected chi connectivity index (χ1v) is 5.40. The van der Waals surface area contributed by atoms with Crippen molar-refractivity contribution in [2.75, 3.05) is 14.2 Å². The normalized spacial score (nSPS) is 11.7. The van der Waals surface area contributed by atoms with Crippen LogP contribution in [0.4, 0.5) is 0 Å². The highest BCUT2D eigenvalue weighted by molar-refractivity contribution is 6.08. The van der Waals surface area contributed by atoms with E-state index in [1.165, 1.54) is 7.11 Å². The second-order valence-corrected chi connectivity index (χ2v) is 3.58. The van der Waals surface area contributed by atoms with Gasteiger partial charge in [0.1, 0.15) is 11.7 Å². The van der Waals surface area contributed by atoms with Crippen LogP contribution in [0.3, 0.4) is 0 Å². The highest BCUT2D eigenvalue weighted by Crippen LogP contribution is 2.17. The Bertz CT molecular complexity index is 394. The zero-order valence-corrected chi connectivity index (χ0v) is 10.2. The average Bonchev–Trinajstić information content (AvgIpc) is 2.39. The Morgan fingerprint density at radius 3 is 2.18 bits per heavy atom. The number of hydrogen-bond donors (Lipinski definition) is 0. The van der Waals surface area contributed by atoms with Crippen LogP contribution >= 0.6 is 0 Å². The van der Waals surface area contributed by atoms with Gasteiger partial charge in [-0.2, -0.15) is 0 Å². The molecule has 0 amide bonds. The van der Waals surface area contributed by atoms with Crippen molar-refractivity contribution in [3.05, 3.63) is 29.8 Å². The molecule has 1 aromatic rings. The maximum absolute atomic E-state index is 12.0. The summed E-state index contributed by atoms with van der Waals surface area (Å²) in [5, 5.41) is 0. The fraction of sp³-hybridized carbons (Fsp3) is 0.385. The summed E-state index contributed by atoms with van der Waals surface area (Å²) in [5.74, 6) is -0.767. The molecule has 4 nitrogen and oxygen atoms in total. The maximum Gasteiger partial charge on any atom is 0.316 e. The van der Waals surface area contributed by atoms with Crippen molar-refractivity contribution in [1.82, 2.24) is 0 Å². The Morgan fingerprint density at radius 1 is 1.18 bits per heavy atom. The molecule has 0 fully saturated rings. The van der Waals surface area contributed by atoms with Gasteiger partial charge in [-0.05, 0) is 30.7 Å². The lowest BCUT2D eigenvalue weighted by atomic mass is 9.95. The first kappa shape index (κ1) is 13.2. The molecule has 0 aliphatic rings. The Kier molecular flexibility index (Phi) is 4.69. The van der Waals surface area contributed by atoms with Gasteiger partial charge in [-0.25, -0.2) is 0 Å². The van der Waals surface area contributed by atoms with Crippen LogP contribution in [-0.4, -0.2) is 26.0 Å². The van der Waals surface area contributed by atoms with Crippen LogP contribution < -0.4 is 4.74 Å². The van der Waals surface area contributed by atoms with E-state index in [2.05, 4.69) is 4.74 Å². The number of carbonyl (C=O) groups excluding carboxylic acids is 2. The minimum absolute atomic E-state index is 0.220. The van der Waals surface area contributed by atoms with Gasteiger partial charge in [0, 0.05) is 5.56 Å². The summed E-state index contributed by atoms with van der Waals surface area (Å²) in [4.78, 5) is 23.4. The monoisotopic (exact) mass is 236 g/mol. The summed E-state index contributed by atoms with van der Waals surface area (Å²) >= 11 is 0. The minimum atomic E-state index is -0.728. The highest BCUT2D eigenvalue weighted by atomic mass is 16.5. The smallest absolute Gasteiger partial charge is 0.316 e. The standard InChI is InChI=1S/C13H16O4/c1-4-11(13(15)17-3)12(14)9-5-7-10(16-2)8-6-9/h5-8,11H,4H2,1-3H3. The van der Waals surface area contributed by atoms with Crippen molar-refractivity contribution in [1.29, 1.82) is 0 Å². The molecule has 0 aliphatic heterocycles. The van der Waals surface area contributed by atoms with Gasteiger partial charge in [0.25, 0.3) is 0 Å². The van der Waals surface area contributed by atoms with Gasteiger partial charge in [-0.1, -0.05) is 6.92 Å². The molecule has 1 aromatic carbocycles. The van der Waals surface area contributed by atoms with Crippen LogP contribution in [0.2, 0.25) is 0 Å². The van der Waals surface area contributed by atoms with Crippen molar-refractivity contribution in [2.45, 2.75) is 13.3 Å². The average molecular weight is 236 g/mol. The summed E-state index contributed by atoms with van der Waals surface area (Å²) in [6.45, 7) is 1.78. The van der Waals surface area contributed by atoms with Crippen LogP contribution in [0.15, 0.2) is 24.3 Å². The van der Waals surface area contributed by atoms with E-state index >= 15 is 0 Å². The van der Waals surface area contributed by atoms with Crippen molar-refractivity contribution >= 4 is 11.8 Å². The summed E-state index contributed by atoms with van der Waals surface area (Å²) < 4.78 is 9.61. The summed E-state index contributed by atoms with van der Waals surface area (Å²) in [5.41, 5.74) is 0.489. The molecule has 0 aliphatic carbocycles. The number of carbonyl (C=O) groups is 2. The fourth-order valence-electron chi connectivity index (χ4n) is 1.56. The van der Waals surface area contributed by atoms with E-state index in [9.17, 15) is 9.59 Å². The van der Waals surface area contributed by atoms with Gasteiger partial charge in [0.15, 0.2) is 5.78 Å². The van der Waals surface area contributed by atoms with Gasteiger partial charge in [-0.3, -0.25) is 9.59 Å². The Morgan fingerprint density at radius 2 is 1.76 bits per heavy atom. The Hall–Kier alpha value is -1.84. The lowest BCUT2D eigenvalue weighted by Gasteiger charge is -2.11. The molecule has 0 saturated carbocycles. The van der Waals surface area contributed by atoms with Crippen molar-refractivity contribution < 1.29 is 19.1 Å². The van der Waals surface area contributed by atoms with E-state index in [0.717, 1.165) is 0 Å². The van der Waals surface area contributed by atoms with E-state index in [4.69, 9.17) is 4.74 Å². The van der Waals surface area contributed by atoms with Crippen molar-refractivity contribution in [3.63, 3.8) is 0 Å². The molecule has 0 aromatic heterocycles. The van der Waals surface area contributed by atoms with Crippen molar-refractivity contribution in [3.8, 4) is 5.75 Å². The summed E-state index contributed by atoms with van der Waals surface area (Å²) in [6, 6.07) is 6.67. The predicted octanol–water partition coefficient (Wildman–Crippen LogP) is 2.08. The molecule has 17 heavy (non-hydrogen) atoms. The molecule has 92 valence electrons. The molecule has 0 N–H and O–H groups in total. The maximum atomic E-state index is 12.0. The van der Waals surface area contributed by atoms with E-state index in [-0.39, 0.29) is 5.78 Å². The molecule has 0 spiro atoms. The molecular weight excluding hydrogens is 220 g/mol. The quantitative estimate of drug-likeness (QED) is 0.446. The molecular formula is C13H16O4. The number of methoxy groups -OCH3 is 2.